The highest BCUT2D eigenvalue weighted by molar-refractivity contribution is 6.37. The van der Waals surface area contributed by atoms with E-state index in [-0.39, 0.29) is 27.7 Å². The number of hydrogen-bond donors (Lipinski definition) is 2. The molecule has 2 amide bonds. The maximum absolute atomic E-state index is 13.5. The molecule has 0 radical (unpaired) electrons. The van der Waals surface area contributed by atoms with Gasteiger partial charge >= 0.3 is 6.18 Å². The van der Waals surface area contributed by atoms with E-state index in [0.29, 0.717) is 16.7 Å². The van der Waals surface area contributed by atoms with Gasteiger partial charge < -0.3 is 10.6 Å². The molecule has 34 heavy (non-hydrogen) atoms. The maximum atomic E-state index is 13.5. The molecule has 0 aliphatic heterocycles. The van der Waals surface area contributed by atoms with Gasteiger partial charge in [0.1, 0.15) is 10.7 Å². The first-order chi connectivity index (χ1) is 16.1. The second-order valence-corrected chi connectivity index (χ2v) is 7.58. The molecule has 0 atom stereocenters. The minimum absolute atomic E-state index is 0.0357. The highest BCUT2D eigenvalue weighted by Crippen LogP contribution is 2.32. The zero-order chi connectivity index (χ0) is 24.6. The van der Waals surface area contributed by atoms with Gasteiger partial charge in [-0.3, -0.25) is 14.3 Å². The van der Waals surface area contributed by atoms with Crippen LogP contribution in [0.2, 0.25) is 5.02 Å². The molecule has 176 valence electrons. The molecule has 0 spiro atoms. The Kier molecular flexibility index (Phi) is 6.00. The van der Waals surface area contributed by atoms with Crippen LogP contribution in [0.25, 0.3) is 5.65 Å². The second-order valence-electron chi connectivity index (χ2n) is 7.20. The van der Waals surface area contributed by atoms with Crippen LogP contribution in [0.15, 0.2) is 42.6 Å². The SMILES string of the molecule is CCn1cc(NC(=O)c2nn3c(C(F)(F)F)cc(C)nc3c2Cl)c(C(=O)Nc2ccccc2)n1. The van der Waals surface area contributed by atoms with Crippen molar-refractivity contribution in [1.82, 2.24) is 24.4 Å². The van der Waals surface area contributed by atoms with E-state index in [0.717, 1.165) is 6.07 Å². The Labute approximate surface area is 195 Å². The maximum Gasteiger partial charge on any atom is 0.433 e. The molecule has 0 aliphatic rings. The summed E-state index contributed by atoms with van der Waals surface area (Å²) in [6.45, 7) is 3.55. The molecule has 0 bridgehead atoms. The Balaban J connectivity index is 1.69. The molecule has 0 saturated heterocycles. The van der Waals surface area contributed by atoms with Crippen molar-refractivity contribution in [2.45, 2.75) is 26.6 Å². The molecule has 1 aromatic carbocycles. The van der Waals surface area contributed by atoms with E-state index in [4.69, 9.17) is 11.6 Å². The van der Waals surface area contributed by atoms with Gasteiger partial charge in [-0.1, -0.05) is 29.8 Å². The summed E-state index contributed by atoms with van der Waals surface area (Å²) < 4.78 is 42.3. The Hall–Kier alpha value is -3.93. The molecule has 0 fully saturated rings. The van der Waals surface area contributed by atoms with Crippen molar-refractivity contribution >= 4 is 40.4 Å². The smallest absolute Gasteiger partial charge is 0.321 e. The summed E-state index contributed by atoms with van der Waals surface area (Å²) in [5.74, 6) is -1.52. The highest BCUT2D eigenvalue weighted by Gasteiger charge is 2.36. The van der Waals surface area contributed by atoms with Crippen molar-refractivity contribution in [2.75, 3.05) is 10.6 Å². The fourth-order valence-electron chi connectivity index (χ4n) is 3.20. The lowest BCUT2D eigenvalue weighted by molar-refractivity contribution is -0.142. The molecule has 13 heteroatoms. The number of rotatable bonds is 5. The monoisotopic (exact) mass is 491 g/mol. The fourth-order valence-corrected chi connectivity index (χ4v) is 3.44. The van der Waals surface area contributed by atoms with Crippen LogP contribution < -0.4 is 10.6 Å². The second kappa shape index (κ2) is 8.78. The summed E-state index contributed by atoms with van der Waals surface area (Å²) in [5, 5.41) is 12.7. The van der Waals surface area contributed by atoms with E-state index >= 15 is 0 Å². The van der Waals surface area contributed by atoms with Gasteiger partial charge in [0.15, 0.2) is 17.0 Å². The quantitative estimate of drug-likeness (QED) is 0.429. The normalized spacial score (nSPS) is 11.6. The Morgan fingerprint density at radius 1 is 1.06 bits per heavy atom. The molecule has 0 unspecified atom stereocenters. The van der Waals surface area contributed by atoms with Gasteiger partial charge in [-0.2, -0.15) is 23.4 Å². The van der Waals surface area contributed by atoms with Crippen molar-refractivity contribution in [1.29, 1.82) is 0 Å². The summed E-state index contributed by atoms with van der Waals surface area (Å²) in [5.41, 5.74) is -1.41. The average molecular weight is 492 g/mol. The van der Waals surface area contributed by atoms with Gasteiger partial charge in [0, 0.05) is 24.1 Å². The van der Waals surface area contributed by atoms with E-state index in [1.54, 1.807) is 37.3 Å². The first-order valence-electron chi connectivity index (χ1n) is 9.96. The molecule has 3 aromatic heterocycles. The van der Waals surface area contributed by atoms with Crippen LogP contribution >= 0.6 is 11.6 Å². The molecule has 0 saturated carbocycles. The van der Waals surface area contributed by atoms with E-state index in [9.17, 15) is 22.8 Å². The number of hydrogen-bond acceptors (Lipinski definition) is 5. The first kappa shape index (κ1) is 23.2. The predicted octanol–water partition coefficient (Wildman–Crippen LogP) is 4.43. The molecule has 4 rings (SSSR count). The molecule has 2 N–H and O–H groups in total. The van der Waals surface area contributed by atoms with Crippen LogP contribution in [0.5, 0.6) is 0 Å². The number of nitrogens with zero attached hydrogens (tertiary/aromatic N) is 5. The van der Waals surface area contributed by atoms with Crippen LogP contribution in [0, 0.1) is 6.92 Å². The predicted molar refractivity (Wildman–Crippen MR) is 118 cm³/mol. The number of benzene rings is 1. The Morgan fingerprint density at radius 3 is 2.38 bits per heavy atom. The summed E-state index contributed by atoms with van der Waals surface area (Å²) in [6.07, 6.45) is -3.33. The minimum Gasteiger partial charge on any atom is -0.321 e. The van der Waals surface area contributed by atoms with E-state index in [1.165, 1.54) is 17.8 Å². The number of fused-ring (bicyclic) bond motifs is 1. The number of para-hydroxylation sites is 1. The average Bonchev–Trinajstić information content (AvgIpc) is 3.34. The van der Waals surface area contributed by atoms with Crippen molar-refractivity contribution in [3.8, 4) is 0 Å². The Bertz CT molecular complexity index is 1400. The molecule has 0 aliphatic carbocycles. The van der Waals surface area contributed by atoms with Crippen molar-refractivity contribution in [2.24, 2.45) is 0 Å². The number of carbonyl (C=O) groups is 2. The molecule has 4 aromatic rings. The van der Waals surface area contributed by atoms with Crippen LogP contribution in [-0.4, -0.2) is 36.2 Å². The van der Waals surface area contributed by atoms with Crippen LogP contribution in [0.3, 0.4) is 0 Å². The highest BCUT2D eigenvalue weighted by atomic mass is 35.5. The van der Waals surface area contributed by atoms with Crippen molar-refractivity contribution < 1.29 is 22.8 Å². The standard InChI is InChI=1S/C21H17ClF3N7O2/c1-3-31-10-13(16(29-31)19(33)27-12-7-5-4-6-8-12)28-20(34)17-15(22)18-26-11(2)9-14(21(23,24)25)32(18)30-17/h4-10H,3H2,1-2H3,(H,27,33)(H,28,34). The summed E-state index contributed by atoms with van der Waals surface area (Å²) in [6, 6.07) is 9.41. The van der Waals surface area contributed by atoms with Crippen molar-refractivity contribution in [3.05, 3.63) is 70.4 Å². The summed E-state index contributed by atoms with van der Waals surface area (Å²) >= 11 is 6.18. The van der Waals surface area contributed by atoms with E-state index in [1.807, 2.05) is 0 Å². The topological polar surface area (TPSA) is 106 Å². The first-order valence-corrected chi connectivity index (χ1v) is 10.3. The third-order valence-corrected chi connectivity index (χ3v) is 5.10. The number of alkyl halides is 3. The lowest BCUT2D eigenvalue weighted by atomic mass is 10.3. The number of anilines is 2. The number of aromatic nitrogens is 5. The van der Waals surface area contributed by atoms with Crippen LogP contribution in [0.4, 0.5) is 24.5 Å². The van der Waals surface area contributed by atoms with E-state index < -0.39 is 29.4 Å². The zero-order valence-electron chi connectivity index (χ0n) is 17.8. The van der Waals surface area contributed by atoms with E-state index in [2.05, 4.69) is 25.8 Å². The number of aryl methyl sites for hydroxylation is 2. The largest absolute Gasteiger partial charge is 0.433 e. The number of halogens is 4. The lowest BCUT2D eigenvalue weighted by Crippen LogP contribution is -2.19. The third-order valence-electron chi connectivity index (χ3n) is 4.75. The van der Waals surface area contributed by atoms with Gasteiger partial charge in [0.05, 0.1) is 5.69 Å². The van der Waals surface area contributed by atoms with Gasteiger partial charge in [-0.05, 0) is 32.0 Å². The third kappa shape index (κ3) is 4.44. The number of amides is 2. The van der Waals surface area contributed by atoms with Crippen LogP contribution in [-0.2, 0) is 12.7 Å². The van der Waals surface area contributed by atoms with Crippen molar-refractivity contribution in [3.63, 3.8) is 0 Å². The minimum atomic E-state index is -4.75. The fraction of sp³-hybridized carbons (Fsp3) is 0.190. The zero-order valence-corrected chi connectivity index (χ0v) is 18.6. The van der Waals surface area contributed by atoms with Gasteiger partial charge in [0.25, 0.3) is 11.8 Å². The summed E-state index contributed by atoms with van der Waals surface area (Å²) in [7, 11) is 0. The molecule has 9 nitrogen and oxygen atoms in total. The number of nitrogens with one attached hydrogen (secondary N) is 2. The summed E-state index contributed by atoms with van der Waals surface area (Å²) in [4.78, 5) is 29.7. The lowest BCUT2D eigenvalue weighted by Gasteiger charge is -2.09. The molecule has 3 heterocycles. The van der Waals surface area contributed by atoms with Crippen LogP contribution in [0.1, 0.15) is 39.3 Å². The number of carbonyl (C=O) groups excluding carboxylic acids is 2. The molecular formula is C21H17ClF3N7O2. The Morgan fingerprint density at radius 2 is 1.74 bits per heavy atom. The molecular weight excluding hydrogens is 475 g/mol. The van der Waals surface area contributed by atoms with Gasteiger partial charge in [0.2, 0.25) is 0 Å². The van der Waals surface area contributed by atoms with Gasteiger partial charge in [-0.25, -0.2) is 9.50 Å². The van der Waals surface area contributed by atoms with Gasteiger partial charge in [-0.15, -0.1) is 0 Å².